The van der Waals surface area contributed by atoms with Crippen LogP contribution in [0.3, 0.4) is 0 Å². The maximum Gasteiger partial charge on any atom is 0.294 e. The summed E-state index contributed by atoms with van der Waals surface area (Å²) in [6.07, 6.45) is 3.07. The molecule has 4 N–H and O–H groups in total. The molecule has 1 aromatic rings. The number of nitro benzene ring substituents is 1. The molecule has 1 fully saturated rings. The van der Waals surface area contributed by atoms with E-state index in [1.807, 2.05) is 0 Å². The minimum absolute atomic E-state index is 0.0559. The highest BCUT2D eigenvalue weighted by Crippen LogP contribution is 2.37. The Morgan fingerprint density at radius 1 is 1.48 bits per heavy atom. The predicted octanol–water partition coefficient (Wildman–Crippen LogP) is 2.19. The van der Waals surface area contributed by atoms with Gasteiger partial charge in [-0.05, 0) is 30.4 Å². The average Bonchev–Trinajstić information content (AvgIpc) is 2.77. The third-order valence-corrected chi connectivity index (χ3v) is 4.17. The first-order chi connectivity index (χ1) is 9.85. The Balaban J connectivity index is 2.20. The van der Waals surface area contributed by atoms with E-state index in [0.717, 1.165) is 19.3 Å². The number of hydrogen-bond donors (Lipinski definition) is 3. The normalized spacial score (nSPS) is 20.0. The lowest BCUT2D eigenvalue weighted by atomic mass is 9.87. The zero-order valence-electron chi connectivity index (χ0n) is 12.2. The second kappa shape index (κ2) is 5.69. The van der Waals surface area contributed by atoms with E-state index in [2.05, 4.69) is 24.6 Å². The van der Waals surface area contributed by atoms with Crippen LogP contribution in [0.2, 0.25) is 0 Å². The Morgan fingerprint density at radius 2 is 2.19 bits per heavy atom. The lowest BCUT2D eigenvalue weighted by Gasteiger charge is -2.27. The van der Waals surface area contributed by atoms with Crippen LogP contribution in [0.25, 0.3) is 0 Å². The van der Waals surface area contributed by atoms with E-state index < -0.39 is 4.92 Å². The van der Waals surface area contributed by atoms with Crippen molar-refractivity contribution >= 4 is 17.3 Å². The van der Waals surface area contributed by atoms with Gasteiger partial charge in [-0.25, -0.2) is 0 Å². The summed E-state index contributed by atoms with van der Waals surface area (Å²) in [5.74, 6) is 4.94. The molecule has 0 spiro atoms. The Labute approximate surface area is 123 Å². The molecule has 0 saturated heterocycles. The Morgan fingerprint density at radius 3 is 2.71 bits per heavy atom. The number of nitrogen functional groups attached to an aromatic ring is 1. The summed E-state index contributed by atoms with van der Waals surface area (Å²) >= 11 is 0. The Kier molecular flexibility index (Phi) is 4.13. The van der Waals surface area contributed by atoms with Gasteiger partial charge >= 0.3 is 0 Å². The van der Waals surface area contributed by atoms with Crippen molar-refractivity contribution in [1.82, 2.24) is 5.32 Å². The van der Waals surface area contributed by atoms with Crippen LogP contribution in [0.5, 0.6) is 0 Å². The van der Waals surface area contributed by atoms with Crippen molar-refractivity contribution in [3.63, 3.8) is 0 Å². The number of nitro groups is 1. The van der Waals surface area contributed by atoms with Crippen LogP contribution in [0.15, 0.2) is 18.2 Å². The molecule has 1 aliphatic rings. The van der Waals surface area contributed by atoms with Crippen LogP contribution < -0.4 is 16.6 Å². The number of hydrazine groups is 1. The van der Waals surface area contributed by atoms with Crippen molar-refractivity contribution in [3.8, 4) is 0 Å². The molecule has 1 aliphatic carbocycles. The third-order valence-electron chi connectivity index (χ3n) is 4.17. The molecule has 1 saturated carbocycles. The fourth-order valence-electron chi connectivity index (χ4n) is 2.78. The van der Waals surface area contributed by atoms with Gasteiger partial charge in [-0.2, -0.15) is 0 Å². The number of carbonyl (C=O) groups excluding carboxylic acids is 1. The standard InChI is InChI=1S/C14H20N4O3/c1-14(2)7-3-4-12(14)16-13(19)9-5-6-10(17-15)11(8-9)18(20)21/h5-6,8,12,17H,3-4,7,15H2,1-2H3,(H,16,19). The molecule has 7 nitrogen and oxygen atoms in total. The number of carbonyl (C=O) groups is 1. The van der Waals surface area contributed by atoms with E-state index >= 15 is 0 Å². The van der Waals surface area contributed by atoms with Crippen molar-refractivity contribution < 1.29 is 9.72 Å². The minimum Gasteiger partial charge on any atom is -0.349 e. The van der Waals surface area contributed by atoms with Gasteiger partial charge in [-0.1, -0.05) is 20.3 Å². The molecule has 1 aromatic carbocycles. The van der Waals surface area contributed by atoms with E-state index in [1.54, 1.807) is 0 Å². The number of nitrogens with two attached hydrogens (primary N) is 1. The fraction of sp³-hybridized carbons (Fsp3) is 0.500. The first-order valence-electron chi connectivity index (χ1n) is 6.91. The summed E-state index contributed by atoms with van der Waals surface area (Å²) in [6, 6.07) is 4.30. The molecule has 0 bridgehead atoms. The van der Waals surface area contributed by atoms with Crippen molar-refractivity contribution in [2.75, 3.05) is 5.43 Å². The van der Waals surface area contributed by atoms with Gasteiger partial charge in [-0.15, -0.1) is 0 Å². The maximum atomic E-state index is 12.3. The van der Waals surface area contributed by atoms with Gasteiger partial charge in [0.1, 0.15) is 5.69 Å². The predicted molar refractivity (Wildman–Crippen MR) is 79.8 cm³/mol. The highest BCUT2D eigenvalue weighted by Gasteiger charge is 2.35. The molecule has 0 aliphatic heterocycles. The van der Waals surface area contributed by atoms with Gasteiger partial charge in [0.15, 0.2) is 0 Å². The summed E-state index contributed by atoms with van der Waals surface area (Å²) in [5.41, 5.74) is 2.55. The molecule has 0 aromatic heterocycles. The molecule has 1 unspecified atom stereocenters. The van der Waals surface area contributed by atoms with E-state index in [1.165, 1.54) is 18.2 Å². The van der Waals surface area contributed by atoms with E-state index in [0.29, 0.717) is 0 Å². The minimum atomic E-state index is -0.564. The summed E-state index contributed by atoms with van der Waals surface area (Å²) in [5, 5.41) is 14.0. The number of nitrogens with zero attached hydrogens (tertiary/aromatic N) is 1. The second-order valence-electron chi connectivity index (χ2n) is 6.04. The van der Waals surface area contributed by atoms with E-state index in [4.69, 9.17) is 5.84 Å². The second-order valence-corrected chi connectivity index (χ2v) is 6.04. The molecule has 1 atom stereocenters. The average molecular weight is 292 g/mol. The molecular formula is C14H20N4O3. The monoisotopic (exact) mass is 292 g/mol. The fourth-order valence-corrected chi connectivity index (χ4v) is 2.78. The molecule has 114 valence electrons. The van der Waals surface area contributed by atoms with Crippen molar-refractivity contribution in [2.45, 2.75) is 39.2 Å². The lowest BCUT2D eigenvalue weighted by Crippen LogP contribution is -2.41. The zero-order valence-corrected chi connectivity index (χ0v) is 12.2. The van der Waals surface area contributed by atoms with Gasteiger partial charge in [0.25, 0.3) is 11.6 Å². The third kappa shape index (κ3) is 3.13. The summed E-state index contributed by atoms with van der Waals surface area (Å²) in [7, 11) is 0. The number of rotatable bonds is 4. The Bertz CT molecular complexity index is 571. The first-order valence-corrected chi connectivity index (χ1v) is 6.91. The van der Waals surface area contributed by atoms with Gasteiger partial charge in [0, 0.05) is 17.7 Å². The molecular weight excluding hydrogens is 272 g/mol. The summed E-state index contributed by atoms with van der Waals surface area (Å²) < 4.78 is 0. The van der Waals surface area contributed by atoms with Crippen LogP contribution in [0, 0.1) is 15.5 Å². The number of amides is 1. The van der Waals surface area contributed by atoms with Crippen LogP contribution in [0.4, 0.5) is 11.4 Å². The molecule has 21 heavy (non-hydrogen) atoms. The number of hydrogen-bond acceptors (Lipinski definition) is 5. The number of benzene rings is 1. The quantitative estimate of drug-likeness (QED) is 0.447. The van der Waals surface area contributed by atoms with Crippen LogP contribution in [-0.4, -0.2) is 16.9 Å². The van der Waals surface area contributed by atoms with Gasteiger partial charge in [-0.3, -0.25) is 20.8 Å². The van der Waals surface area contributed by atoms with E-state index in [-0.39, 0.29) is 34.3 Å². The summed E-state index contributed by atoms with van der Waals surface area (Å²) in [4.78, 5) is 22.7. The van der Waals surface area contributed by atoms with Crippen molar-refractivity contribution in [2.24, 2.45) is 11.3 Å². The lowest BCUT2D eigenvalue weighted by molar-refractivity contribution is -0.384. The van der Waals surface area contributed by atoms with Crippen molar-refractivity contribution in [3.05, 3.63) is 33.9 Å². The Hall–Kier alpha value is -2.15. The first kappa shape index (κ1) is 15.2. The van der Waals surface area contributed by atoms with Crippen molar-refractivity contribution in [1.29, 1.82) is 0 Å². The summed E-state index contributed by atoms with van der Waals surface area (Å²) in [6.45, 7) is 4.24. The molecule has 2 rings (SSSR count). The smallest absolute Gasteiger partial charge is 0.294 e. The van der Waals surface area contributed by atoms with Gasteiger partial charge in [0.05, 0.1) is 4.92 Å². The van der Waals surface area contributed by atoms with Crippen LogP contribution in [-0.2, 0) is 0 Å². The van der Waals surface area contributed by atoms with Crippen LogP contribution >= 0.6 is 0 Å². The topological polar surface area (TPSA) is 110 Å². The highest BCUT2D eigenvalue weighted by atomic mass is 16.6. The number of nitrogens with one attached hydrogen (secondary N) is 2. The van der Waals surface area contributed by atoms with Gasteiger partial charge < -0.3 is 10.7 Å². The number of anilines is 1. The van der Waals surface area contributed by atoms with E-state index in [9.17, 15) is 14.9 Å². The largest absolute Gasteiger partial charge is 0.349 e. The van der Waals surface area contributed by atoms with Crippen LogP contribution in [0.1, 0.15) is 43.5 Å². The molecule has 1 amide bonds. The molecule has 0 radical (unpaired) electrons. The SMILES string of the molecule is CC1(C)CCCC1NC(=O)c1ccc(NN)c([N+](=O)[O-])c1. The zero-order chi connectivity index (χ0) is 15.6. The molecule has 7 heteroatoms. The van der Waals surface area contributed by atoms with Gasteiger partial charge in [0.2, 0.25) is 0 Å². The maximum absolute atomic E-state index is 12.3. The molecule has 0 heterocycles. The highest BCUT2D eigenvalue weighted by molar-refractivity contribution is 5.96.